The van der Waals surface area contributed by atoms with Crippen LogP contribution in [0.5, 0.6) is 5.75 Å². The van der Waals surface area contributed by atoms with Crippen LogP contribution in [0.3, 0.4) is 0 Å². The summed E-state index contributed by atoms with van der Waals surface area (Å²) in [6, 6.07) is 5.03. The molecule has 1 unspecified atom stereocenters. The predicted molar refractivity (Wildman–Crippen MR) is 74.3 cm³/mol. The van der Waals surface area contributed by atoms with Crippen LogP contribution in [0.4, 0.5) is 0 Å². The molecule has 2 nitrogen and oxygen atoms in total. The van der Waals surface area contributed by atoms with Crippen molar-refractivity contribution in [3.8, 4) is 5.75 Å². The molecular formula is C12H13BrCl2O2. The van der Waals surface area contributed by atoms with Crippen molar-refractivity contribution in [3.05, 3.63) is 28.2 Å². The molecule has 1 atom stereocenters. The summed E-state index contributed by atoms with van der Waals surface area (Å²) in [7, 11) is 0. The minimum atomic E-state index is -0.764. The fraction of sp³-hybridized carbons (Fsp3) is 0.417. The van der Waals surface area contributed by atoms with Gasteiger partial charge in [0.25, 0.3) is 0 Å². The molecule has 0 fully saturated rings. The van der Waals surface area contributed by atoms with Crippen molar-refractivity contribution in [2.24, 2.45) is 5.41 Å². The van der Waals surface area contributed by atoms with E-state index in [-0.39, 0.29) is 5.78 Å². The molecule has 0 saturated heterocycles. The Balaban J connectivity index is 2.89. The molecule has 0 aliphatic carbocycles. The number of rotatable bonds is 3. The Hall–Kier alpha value is -0.250. The van der Waals surface area contributed by atoms with Gasteiger partial charge in [-0.1, -0.05) is 50.0 Å². The summed E-state index contributed by atoms with van der Waals surface area (Å²) < 4.78 is 5.47. The molecule has 1 aromatic rings. The predicted octanol–water partition coefficient (Wildman–Crippen LogP) is 4.71. The van der Waals surface area contributed by atoms with Crippen molar-refractivity contribution in [2.75, 3.05) is 0 Å². The van der Waals surface area contributed by atoms with Crippen LogP contribution in [0.15, 0.2) is 18.2 Å². The van der Waals surface area contributed by atoms with E-state index in [0.29, 0.717) is 15.8 Å². The van der Waals surface area contributed by atoms with Crippen LogP contribution in [0.25, 0.3) is 0 Å². The number of carbonyl (C=O) groups is 1. The number of para-hydroxylation sites is 1. The highest BCUT2D eigenvalue weighted by atomic mass is 79.9. The molecule has 0 aliphatic heterocycles. The van der Waals surface area contributed by atoms with Gasteiger partial charge >= 0.3 is 0 Å². The van der Waals surface area contributed by atoms with Gasteiger partial charge in [0.05, 0.1) is 10.0 Å². The summed E-state index contributed by atoms with van der Waals surface area (Å²) in [5, 5.41) is -0.00721. The molecule has 94 valence electrons. The van der Waals surface area contributed by atoms with Crippen LogP contribution in [0, 0.1) is 5.41 Å². The monoisotopic (exact) mass is 338 g/mol. The third-order valence-electron chi connectivity index (χ3n) is 2.09. The van der Waals surface area contributed by atoms with Gasteiger partial charge in [-0.3, -0.25) is 4.79 Å². The lowest BCUT2D eigenvalue weighted by molar-refractivity contribution is -0.129. The lowest BCUT2D eigenvalue weighted by Crippen LogP contribution is -2.32. The molecule has 0 amide bonds. The normalized spacial score (nSPS) is 13.3. The van der Waals surface area contributed by atoms with E-state index >= 15 is 0 Å². The van der Waals surface area contributed by atoms with Gasteiger partial charge < -0.3 is 4.74 Å². The smallest absolute Gasteiger partial charge is 0.211 e. The molecular weight excluding hydrogens is 327 g/mol. The first kappa shape index (κ1) is 14.8. The maximum Gasteiger partial charge on any atom is 0.211 e. The number of ketones is 1. The van der Waals surface area contributed by atoms with Gasteiger partial charge in [-0.25, -0.2) is 0 Å². The number of Topliss-reactive ketones (excluding diaryl/α,β-unsaturated/α-hetero) is 1. The molecule has 1 aromatic carbocycles. The molecule has 0 aromatic heterocycles. The van der Waals surface area contributed by atoms with Gasteiger partial charge in [0.15, 0.2) is 11.5 Å². The van der Waals surface area contributed by atoms with E-state index in [1.807, 2.05) is 20.8 Å². The number of halogens is 3. The van der Waals surface area contributed by atoms with Gasteiger partial charge in [0.1, 0.15) is 0 Å². The van der Waals surface area contributed by atoms with E-state index in [1.165, 1.54) is 0 Å². The molecule has 0 saturated carbocycles. The Kier molecular flexibility index (Phi) is 4.87. The molecule has 0 N–H and O–H groups in total. The van der Waals surface area contributed by atoms with E-state index in [1.54, 1.807) is 18.2 Å². The minimum Gasteiger partial charge on any atom is -0.468 e. The van der Waals surface area contributed by atoms with Crippen LogP contribution < -0.4 is 4.74 Å². The maximum atomic E-state index is 11.9. The van der Waals surface area contributed by atoms with E-state index in [2.05, 4.69) is 15.9 Å². The Morgan fingerprint density at radius 3 is 2.18 bits per heavy atom. The quantitative estimate of drug-likeness (QED) is 0.745. The van der Waals surface area contributed by atoms with Gasteiger partial charge in [-0.05, 0) is 28.1 Å². The van der Waals surface area contributed by atoms with Crippen molar-refractivity contribution < 1.29 is 9.53 Å². The second kappa shape index (κ2) is 5.59. The largest absolute Gasteiger partial charge is 0.468 e. The van der Waals surface area contributed by atoms with Gasteiger partial charge in [0.2, 0.25) is 5.01 Å². The summed E-state index contributed by atoms with van der Waals surface area (Å²) in [4.78, 5) is 11.9. The number of benzene rings is 1. The first-order chi connectivity index (χ1) is 7.73. The standard InChI is InChI=1S/C12H13BrCl2O2/c1-12(2,3)10(16)11(13)17-9-7(14)5-4-6-8(9)15/h4-6,11H,1-3H3. The maximum absolute atomic E-state index is 11.9. The Labute approximate surface area is 119 Å². The van der Waals surface area contributed by atoms with Crippen molar-refractivity contribution in [2.45, 2.75) is 25.8 Å². The lowest BCUT2D eigenvalue weighted by Gasteiger charge is -2.22. The first-order valence-corrected chi connectivity index (χ1v) is 6.69. The molecule has 5 heteroatoms. The number of hydrogen-bond donors (Lipinski definition) is 0. The van der Waals surface area contributed by atoms with Crippen molar-refractivity contribution in [3.63, 3.8) is 0 Å². The Bertz CT molecular complexity index is 407. The highest BCUT2D eigenvalue weighted by molar-refractivity contribution is 9.09. The van der Waals surface area contributed by atoms with Crippen LogP contribution >= 0.6 is 39.1 Å². The fourth-order valence-corrected chi connectivity index (χ4v) is 2.45. The lowest BCUT2D eigenvalue weighted by atomic mass is 9.91. The average Bonchev–Trinajstić information content (AvgIpc) is 2.21. The third-order valence-corrected chi connectivity index (χ3v) is 3.28. The summed E-state index contributed by atoms with van der Waals surface area (Å²) in [6.45, 7) is 5.46. The highest BCUT2D eigenvalue weighted by Crippen LogP contribution is 2.35. The highest BCUT2D eigenvalue weighted by Gasteiger charge is 2.30. The zero-order valence-corrected chi connectivity index (χ0v) is 12.9. The topological polar surface area (TPSA) is 26.3 Å². The Morgan fingerprint density at radius 1 is 1.29 bits per heavy atom. The zero-order valence-electron chi connectivity index (χ0n) is 9.76. The average molecular weight is 340 g/mol. The van der Waals surface area contributed by atoms with Gasteiger partial charge in [-0.2, -0.15) is 0 Å². The second-order valence-corrected chi connectivity index (χ2v) is 6.24. The van der Waals surface area contributed by atoms with E-state index in [9.17, 15) is 4.79 Å². The number of carbonyl (C=O) groups excluding carboxylic acids is 1. The SMILES string of the molecule is CC(C)(C)C(=O)C(Br)Oc1c(Cl)cccc1Cl. The number of hydrogen-bond acceptors (Lipinski definition) is 2. The van der Waals surface area contributed by atoms with E-state index in [0.717, 1.165) is 0 Å². The molecule has 0 bridgehead atoms. The summed E-state index contributed by atoms with van der Waals surface area (Å²) in [5.41, 5.74) is -0.498. The molecule has 0 aliphatic rings. The molecule has 1 rings (SSSR count). The summed E-state index contributed by atoms with van der Waals surface area (Å²) in [5.74, 6) is 0.240. The van der Waals surface area contributed by atoms with Gasteiger partial charge in [0, 0.05) is 5.41 Å². The molecule has 0 spiro atoms. The fourth-order valence-electron chi connectivity index (χ4n) is 1.09. The third kappa shape index (κ3) is 3.87. The number of alkyl halides is 1. The minimum absolute atomic E-state index is 0.0755. The number of ether oxygens (including phenoxy) is 1. The van der Waals surface area contributed by atoms with Crippen molar-refractivity contribution in [1.29, 1.82) is 0 Å². The summed E-state index contributed by atoms with van der Waals surface area (Å²) >= 11 is 15.1. The van der Waals surface area contributed by atoms with E-state index < -0.39 is 10.4 Å². The Morgan fingerprint density at radius 2 is 1.76 bits per heavy atom. The first-order valence-electron chi connectivity index (χ1n) is 5.02. The zero-order chi connectivity index (χ0) is 13.2. The van der Waals surface area contributed by atoms with Crippen LogP contribution in [-0.4, -0.2) is 10.8 Å². The molecule has 17 heavy (non-hydrogen) atoms. The van der Waals surface area contributed by atoms with E-state index in [4.69, 9.17) is 27.9 Å². The molecule has 0 heterocycles. The molecule has 0 radical (unpaired) electrons. The van der Waals surface area contributed by atoms with Crippen molar-refractivity contribution >= 4 is 44.9 Å². The van der Waals surface area contributed by atoms with Gasteiger partial charge in [-0.15, -0.1) is 0 Å². The van der Waals surface area contributed by atoms with Crippen LogP contribution in [-0.2, 0) is 4.79 Å². The van der Waals surface area contributed by atoms with Crippen molar-refractivity contribution in [1.82, 2.24) is 0 Å². The van der Waals surface area contributed by atoms with Crippen LogP contribution in [0.1, 0.15) is 20.8 Å². The summed E-state index contributed by atoms with van der Waals surface area (Å²) in [6.07, 6.45) is 0. The van der Waals surface area contributed by atoms with Crippen LogP contribution in [0.2, 0.25) is 10.0 Å². The second-order valence-electron chi connectivity index (χ2n) is 4.60.